The Balaban J connectivity index is 1.85. The highest BCUT2D eigenvalue weighted by atomic mass is 32.1. The van der Waals surface area contributed by atoms with Crippen LogP contribution in [0.15, 0.2) is 48.7 Å². The highest BCUT2D eigenvalue weighted by Crippen LogP contribution is 2.17. The van der Waals surface area contributed by atoms with E-state index >= 15 is 0 Å². The number of benzene rings is 1. The Labute approximate surface area is 140 Å². The summed E-state index contributed by atoms with van der Waals surface area (Å²) in [5, 5.41) is 13.1. The number of nitrogens with zero attached hydrogens (tertiary/aromatic N) is 1. The van der Waals surface area contributed by atoms with E-state index in [1.165, 1.54) is 0 Å². The fraction of sp³-hybridized carbons (Fsp3) is 0.294. The molecule has 0 aliphatic rings. The van der Waals surface area contributed by atoms with E-state index in [1.807, 2.05) is 24.3 Å². The summed E-state index contributed by atoms with van der Waals surface area (Å²) in [6, 6.07) is 9.54. The molecule has 0 aliphatic carbocycles. The Bertz CT molecular complexity index is 690. The molecule has 0 aliphatic heterocycles. The van der Waals surface area contributed by atoms with Crippen molar-refractivity contribution in [2.75, 3.05) is 18.5 Å². The van der Waals surface area contributed by atoms with Crippen molar-refractivity contribution in [2.45, 2.75) is 18.1 Å². The van der Waals surface area contributed by atoms with Crippen molar-refractivity contribution in [3.8, 4) is 0 Å². The van der Waals surface area contributed by atoms with Gasteiger partial charge in [0.2, 0.25) is 0 Å². The fourth-order valence-corrected chi connectivity index (χ4v) is 2.24. The summed E-state index contributed by atoms with van der Waals surface area (Å²) in [6.07, 6.45) is 2.40. The van der Waals surface area contributed by atoms with Gasteiger partial charge in [-0.05, 0) is 24.3 Å². The normalized spacial score (nSPS) is 11.9. The number of carbonyl (C=O) groups excluding carboxylic acids is 1. The van der Waals surface area contributed by atoms with E-state index in [0.29, 0.717) is 18.7 Å². The van der Waals surface area contributed by atoms with Crippen molar-refractivity contribution >= 4 is 35.3 Å². The van der Waals surface area contributed by atoms with E-state index in [2.05, 4.69) is 29.5 Å². The average Bonchev–Trinajstić information content (AvgIpc) is 2.57. The minimum atomic E-state index is -0.582. The summed E-state index contributed by atoms with van der Waals surface area (Å²) >= 11 is 4.35. The summed E-state index contributed by atoms with van der Waals surface area (Å²) in [4.78, 5) is 16.0. The topological polar surface area (TPSA) is 71.5 Å². The predicted molar refractivity (Wildman–Crippen MR) is 94.9 cm³/mol. The lowest BCUT2D eigenvalue weighted by Gasteiger charge is -2.14. The molecule has 122 valence electrons. The lowest BCUT2D eigenvalue weighted by atomic mass is 10.1. The largest absolute Gasteiger partial charge is 0.448 e. The fourth-order valence-electron chi connectivity index (χ4n) is 2.04. The molecule has 2 N–H and O–H groups in total. The standard InChI is InChI=1S/C17H20N2O3S/c1-12(5-4-8-20)15(23)11-22-17(21)19-16-9-13-6-2-3-7-14(13)10-18-16/h2-3,6-7,9-10,15,20,23H,1,4-5,8,11H2,(H,18,19,21). The van der Waals surface area contributed by atoms with Gasteiger partial charge >= 0.3 is 6.09 Å². The molecule has 0 saturated heterocycles. The first-order valence-electron chi connectivity index (χ1n) is 7.35. The van der Waals surface area contributed by atoms with Crippen molar-refractivity contribution in [2.24, 2.45) is 0 Å². The molecule has 1 amide bonds. The second-order valence-corrected chi connectivity index (χ2v) is 5.76. The maximum atomic E-state index is 11.8. The smallest absolute Gasteiger partial charge is 0.412 e. The minimum absolute atomic E-state index is 0.106. The first-order chi connectivity index (χ1) is 11.1. The van der Waals surface area contributed by atoms with Gasteiger partial charge in [0.25, 0.3) is 0 Å². The number of thiol groups is 1. The molecule has 1 aromatic carbocycles. The maximum Gasteiger partial charge on any atom is 0.412 e. The second kappa shape index (κ2) is 8.55. The number of aromatic nitrogens is 1. The van der Waals surface area contributed by atoms with Gasteiger partial charge in [0, 0.05) is 18.2 Å². The first kappa shape index (κ1) is 17.3. The number of aliphatic hydroxyl groups is 1. The average molecular weight is 332 g/mol. The molecule has 0 radical (unpaired) electrons. The third kappa shape index (κ3) is 5.26. The molecular weight excluding hydrogens is 312 g/mol. The molecule has 0 fully saturated rings. The van der Waals surface area contributed by atoms with Crippen LogP contribution >= 0.6 is 12.6 Å². The zero-order valence-corrected chi connectivity index (χ0v) is 13.6. The number of aliphatic hydroxyl groups excluding tert-OH is 1. The second-order valence-electron chi connectivity index (χ2n) is 5.14. The van der Waals surface area contributed by atoms with Crippen LogP contribution in [0.4, 0.5) is 10.6 Å². The number of nitrogens with one attached hydrogen (secondary N) is 1. The molecule has 1 heterocycles. The highest BCUT2D eigenvalue weighted by Gasteiger charge is 2.11. The van der Waals surface area contributed by atoms with Gasteiger partial charge in [0.15, 0.2) is 0 Å². The Morgan fingerprint density at radius 2 is 2.13 bits per heavy atom. The Hall–Kier alpha value is -2.05. The minimum Gasteiger partial charge on any atom is -0.448 e. The number of ether oxygens (including phenoxy) is 1. The van der Waals surface area contributed by atoms with Gasteiger partial charge in [-0.25, -0.2) is 9.78 Å². The Kier molecular flexibility index (Phi) is 6.43. The predicted octanol–water partition coefficient (Wildman–Crippen LogP) is 3.41. The van der Waals surface area contributed by atoms with Crippen molar-refractivity contribution in [3.63, 3.8) is 0 Å². The quantitative estimate of drug-likeness (QED) is 0.537. The summed E-state index contributed by atoms with van der Waals surface area (Å²) < 4.78 is 5.13. The summed E-state index contributed by atoms with van der Waals surface area (Å²) in [7, 11) is 0. The van der Waals surface area contributed by atoms with Crippen LogP contribution in [0.2, 0.25) is 0 Å². The number of hydrogen-bond donors (Lipinski definition) is 3. The van der Waals surface area contributed by atoms with Crippen LogP contribution in [-0.4, -0.2) is 34.6 Å². The highest BCUT2D eigenvalue weighted by molar-refractivity contribution is 7.81. The van der Waals surface area contributed by atoms with Gasteiger partial charge in [0.05, 0.1) is 5.25 Å². The number of fused-ring (bicyclic) bond motifs is 1. The van der Waals surface area contributed by atoms with Crippen molar-refractivity contribution in [1.29, 1.82) is 0 Å². The van der Waals surface area contributed by atoms with Crippen LogP contribution in [0.1, 0.15) is 12.8 Å². The van der Waals surface area contributed by atoms with Crippen molar-refractivity contribution in [1.82, 2.24) is 4.98 Å². The molecule has 0 spiro atoms. The lowest BCUT2D eigenvalue weighted by molar-refractivity contribution is 0.164. The molecule has 1 unspecified atom stereocenters. The molecule has 0 bridgehead atoms. The number of pyridine rings is 1. The number of carbonyl (C=O) groups is 1. The SMILES string of the molecule is C=C(CCCO)C(S)COC(=O)Nc1cc2ccccc2cn1. The van der Waals surface area contributed by atoms with Crippen LogP contribution < -0.4 is 5.32 Å². The zero-order chi connectivity index (χ0) is 16.7. The number of amides is 1. The molecule has 23 heavy (non-hydrogen) atoms. The number of hydrogen-bond acceptors (Lipinski definition) is 5. The van der Waals surface area contributed by atoms with Gasteiger partial charge in [-0.2, -0.15) is 12.6 Å². The molecule has 5 nitrogen and oxygen atoms in total. The molecule has 1 atom stereocenters. The van der Waals surface area contributed by atoms with Gasteiger partial charge in [-0.15, -0.1) is 0 Å². The van der Waals surface area contributed by atoms with Crippen LogP contribution in [0.3, 0.4) is 0 Å². The molecular formula is C17H20N2O3S. The Morgan fingerprint density at radius 1 is 1.39 bits per heavy atom. The third-order valence-corrected chi connectivity index (χ3v) is 3.87. The zero-order valence-electron chi connectivity index (χ0n) is 12.7. The van der Waals surface area contributed by atoms with Crippen LogP contribution in [0, 0.1) is 0 Å². The maximum absolute atomic E-state index is 11.8. The molecule has 2 aromatic rings. The number of rotatable bonds is 7. The molecule has 0 saturated carbocycles. The first-order valence-corrected chi connectivity index (χ1v) is 7.87. The van der Waals surface area contributed by atoms with E-state index in [0.717, 1.165) is 16.3 Å². The van der Waals surface area contributed by atoms with Crippen LogP contribution in [-0.2, 0) is 4.74 Å². The van der Waals surface area contributed by atoms with Crippen LogP contribution in [0.5, 0.6) is 0 Å². The molecule has 6 heteroatoms. The van der Waals surface area contributed by atoms with Crippen LogP contribution in [0.25, 0.3) is 10.8 Å². The lowest BCUT2D eigenvalue weighted by Crippen LogP contribution is -2.20. The van der Waals surface area contributed by atoms with E-state index in [-0.39, 0.29) is 18.5 Å². The van der Waals surface area contributed by atoms with Crippen molar-refractivity contribution < 1.29 is 14.6 Å². The Morgan fingerprint density at radius 3 is 2.87 bits per heavy atom. The molecule has 2 rings (SSSR count). The van der Waals surface area contributed by atoms with E-state index in [1.54, 1.807) is 12.3 Å². The monoisotopic (exact) mass is 332 g/mol. The van der Waals surface area contributed by atoms with E-state index in [4.69, 9.17) is 9.84 Å². The number of anilines is 1. The van der Waals surface area contributed by atoms with E-state index < -0.39 is 6.09 Å². The summed E-state index contributed by atoms with van der Waals surface area (Å²) in [5.74, 6) is 0.434. The summed E-state index contributed by atoms with van der Waals surface area (Å²) in [6.45, 7) is 4.10. The van der Waals surface area contributed by atoms with Gasteiger partial charge in [0.1, 0.15) is 12.4 Å². The van der Waals surface area contributed by atoms with Gasteiger partial charge in [-0.1, -0.05) is 36.4 Å². The molecule has 1 aromatic heterocycles. The van der Waals surface area contributed by atoms with Gasteiger partial charge < -0.3 is 9.84 Å². The third-order valence-electron chi connectivity index (χ3n) is 3.36. The van der Waals surface area contributed by atoms with E-state index in [9.17, 15) is 4.79 Å². The van der Waals surface area contributed by atoms with Crippen molar-refractivity contribution in [3.05, 3.63) is 48.7 Å². The van der Waals surface area contributed by atoms with Gasteiger partial charge in [-0.3, -0.25) is 5.32 Å². The summed E-state index contributed by atoms with van der Waals surface area (Å²) in [5.41, 5.74) is 0.832.